The highest BCUT2D eigenvalue weighted by Gasteiger charge is 2.23. The minimum atomic E-state index is -3.62. The molecule has 0 aliphatic carbocycles. The highest BCUT2D eigenvalue weighted by atomic mass is 32.2. The summed E-state index contributed by atoms with van der Waals surface area (Å²) in [6.07, 6.45) is 2.48. The molecule has 0 aliphatic heterocycles. The average molecular weight is 300 g/mol. The molecule has 0 fully saturated rings. The van der Waals surface area contributed by atoms with Crippen LogP contribution in [0, 0.1) is 0 Å². The van der Waals surface area contributed by atoms with Crippen molar-refractivity contribution in [2.45, 2.75) is 51.0 Å². The Balaban J connectivity index is 3.10. The van der Waals surface area contributed by atoms with E-state index in [0.29, 0.717) is 18.0 Å². The van der Waals surface area contributed by atoms with Crippen LogP contribution in [0.15, 0.2) is 23.1 Å². The van der Waals surface area contributed by atoms with Crippen molar-refractivity contribution in [3.63, 3.8) is 0 Å². The van der Waals surface area contributed by atoms with Crippen LogP contribution < -0.4 is 15.2 Å². The second-order valence-electron chi connectivity index (χ2n) is 4.65. The van der Waals surface area contributed by atoms with Gasteiger partial charge in [0, 0.05) is 11.7 Å². The van der Waals surface area contributed by atoms with E-state index in [0.717, 1.165) is 19.3 Å². The zero-order valence-corrected chi connectivity index (χ0v) is 13.2. The van der Waals surface area contributed by atoms with Crippen LogP contribution in [-0.2, 0) is 10.0 Å². The van der Waals surface area contributed by atoms with Gasteiger partial charge in [0.25, 0.3) is 0 Å². The fourth-order valence-corrected chi connectivity index (χ4v) is 3.52. The summed E-state index contributed by atoms with van der Waals surface area (Å²) in [5.41, 5.74) is 6.09. The van der Waals surface area contributed by atoms with Crippen LogP contribution >= 0.6 is 0 Å². The molecular formula is C14H24N2O3S. The summed E-state index contributed by atoms with van der Waals surface area (Å²) in [5, 5.41) is 0. The normalized spacial score (nSPS) is 13.2. The van der Waals surface area contributed by atoms with E-state index in [1.165, 1.54) is 6.07 Å². The lowest BCUT2D eigenvalue weighted by Gasteiger charge is -2.18. The molecule has 0 aromatic heterocycles. The molecule has 6 heteroatoms. The van der Waals surface area contributed by atoms with E-state index in [2.05, 4.69) is 4.72 Å². The van der Waals surface area contributed by atoms with Gasteiger partial charge in [-0.05, 0) is 38.0 Å². The van der Waals surface area contributed by atoms with Crippen molar-refractivity contribution in [2.24, 2.45) is 0 Å². The van der Waals surface area contributed by atoms with Crippen LogP contribution in [0.3, 0.4) is 0 Å². The number of benzene rings is 1. The van der Waals surface area contributed by atoms with Gasteiger partial charge in [-0.3, -0.25) is 0 Å². The number of rotatable bonds is 8. The number of nitrogens with one attached hydrogen (secondary N) is 1. The topological polar surface area (TPSA) is 81.4 Å². The highest BCUT2D eigenvalue weighted by molar-refractivity contribution is 7.89. The van der Waals surface area contributed by atoms with Crippen LogP contribution in [-0.4, -0.2) is 21.1 Å². The summed E-state index contributed by atoms with van der Waals surface area (Å²) in [6.45, 7) is 6.21. The lowest BCUT2D eigenvalue weighted by Crippen LogP contribution is -2.34. The molecule has 0 heterocycles. The lowest BCUT2D eigenvalue weighted by atomic mass is 10.1. The van der Waals surface area contributed by atoms with E-state index in [1.807, 2.05) is 20.8 Å². The second kappa shape index (κ2) is 7.50. The molecule has 1 atom stereocenters. The Morgan fingerprint density at radius 1 is 1.30 bits per heavy atom. The van der Waals surface area contributed by atoms with Crippen LogP contribution in [0.1, 0.15) is 40.0 Å². The van der Waals surface area contributed by atoms with Crippen LogP contribution in [0.5, 0.6) is 5.75 Å². The summed E-state index contributed by atoms with van der Waals surface area (Å²) in [4.78, 5) is 0.105. The smallest absolute Gasteiger partial charge is 0.244 e. The maximum Gasteiger partial charge on any atom is 0.244 e. The Morgan fingerprint density at radius 3 is 2.55 bits per heavy atom. The first-order valence-electron chi connectivity index (χ1n) is 6.99. The van der Waals surface area contributed by atoms with Crippen LogP contribution in [0.4, 0.5) is 5.69 Å². The molecule has 20 heavy (non-hydrogen) atoms. The Morgan fingerprint density at radius 2 is 2.00 bits per heavy atom. The van der Waals surface area contributed by atoms with E-state index < -0.39 is 10.0 Å². The first-order chi connectivity index (χ1) is 9.44. The molecule has 0 saturated carbocycles. The van der Waals surface area contributed by atoms with Crippen molar-refractivity contribution in [2.75, 3.05) is 12.3 Å². The SMILES string of the molecule is CCCC(CC)NS(=O)(=O)c1cc(N)ccc1OCC. The van der Waals surface area contributed by atoms with Gasteiger partial charge in [0.1, 0.15) is 10.6 Å². The summed E-state index contributed by atoms with van der Waals surface area (Å²) in [5.74, 6) is 0.334. The van der Waals surface area contributed by atoms with Crippen molar-refractivity contribution < 1.29 is 13.2 Å². The third kappa shape index (κ3) is 4.38. The zero-order valence-electron chi connectivity index (χ0n) is 12.3. The van der Waals surface area contributed by atoms with Crippen LogP contribution in [0.2, 0.25) is 0 Å². The summed E-state index contributed by atoms with van der Waals surface area (Å²) >= 11 is 0. The minimum absolute atomic E-state index is 0.0686. The molecule has 0 radical (unpaired) electrons. The maximum atomic E-state index is 12.5. The van der Waals surface area contributed by atoms with Gasteiger partial charge in [0.15, 0.2) is 0 Å². The maximum absolute atomic E-state index is 12.5. The molecule has 0 spiro atoms. The quantitative estimate of drug-likeness (QED) is 0.723. The standard InChI is InChI=1S/C14H24N2O3S/c1-4-7-12(5-2)16-20(17,18)14-10-11(15)8-9-13(14)19-6-3/h8-10,12,16H,4-7,15H2,1-3H3. The number of nitrogen functional groups attached to an aromatic ring is 1. The highest BCUT2D eigenvalue weighted by Crippen LogP contribution is 2.26. The van der Waals surface area contributed by atoms with Crippen molar-refractivity contribution >= 4 is 15.7 Å². The molecule has 0 aliphatic rings. The van der Waals surface area contributed by atoms with Crippen molar-refractivity contribution in [1.29, 1.82) is 0 Å². The first-order valence-corrected chi connectivity index (χ1v) is 8.47. The van der Waals surface area contributed by atoms with Gasteiger partial charge in [-0.15, -0.1) is 0 Å². The third-order valence-electron chi connectivity index (χ3n) is 3.01. The van der Waals surface area contributed by atoms with Gasteiger partial charge < -0.3 is 10.5 Å². The number of ether oxygens (including phenoxy) is 1. The molecule has 0 amide bonds. The van der Waals surface area contributed by atoms with Crippen LogP contribution in [0.25, 0.3) is 0 Å². The summed E-state index contributed by atoms with van der Waals surface area (Å²) in [6, 6.07) is 4.59. The molecule has 1 rings (SSSR count). The second-order valence-corrected chi connectivity index (χ2v) is 6.34. The fourth-order valence-electron chi connectivity index (χ4n) is 1.99. The van der Waals surface area contributed by atoms with E-state index in [-0.39, 0.29) is 10.9 Å². The molecule has 0 saturated heterocycles. The molecule has 1 aromatic rings. The van der Waals surface area contributed by atoms with Crippen molar-refractivity contribution in [3.8, 4) is 5.75 Å². The predicted octanol–water partition coefficient (Wildman–Crippen LogP) is 2.52. The zero-order chi connectivity index (χ0) is 15.2. The van der Waals surface area contributed by atoms with E-state index >= 15 is 0 Å². The van der Waals surface area contributed by atoms with Gasteiger partial charge in [0.05, 0.1) is 6.61 Å². The fraction of sp³-hybridized carbons (Fsp3) is 0.571. The molecule has 1 unspecified atom stereocenters. The Hall–Kier alpha value is -1.27. The first kappa shape index (κ1) is 16.8. The lowest BCUT2D eigenvalue weighted by molar-refractivity contribution is 0.331. The van der Waals surface area contributed by atoms with Gasteiger partial charge in [-0.25, -0.2) is 13.1 Å². The minimum Gasteiger partial charge on any atom is -0.492 e. The molecule has 3 N–H and O–H groups in total. The summed E-state index contributed by atoms with van der Waals surface area (Å²) in [7, 11) is -3.62. The van der Waals surface area contributed by atoms with Gasteiger partial charge in [0.2, 0.25) is 10.0 Å². The Labute approximate surface area is 121 Å². The number of sulfonamides is 1. The largest absolute Gasteiger partial charge is 0.492 e. The number of hydrogen-bond acceptors (Lipinski definition) is 4. The molecule has 1 aromatic carbocycles. The van der Waals surface area contributed by atoms with Gasteiger partial charge in [-0.1, -0.05) is 20.3 Å². The van der Waals surface area contributed by atoms with E-state index in [1.54, 1.807) is 12.1 Å². The van der Waals surface area contributed by atoms with E-state index in [4.69, 9.17) is 10.5 Å². The van der Waals surface area contributed by atoms with Crippen molar-refractivity contribution in [3.05, 3.63) is 18.2 Å². The number of anilines is 1. The Bertz CT molecular complexity index is 529. The summed E-state index contributed by atoms with van der Waals surface area (Å²) < 4.78 is 33.1. The third-order valence-corrected chi connectivity index (χ3v) is 4.55. The predicted molar refractivity (Wildman–Crippen MR) is 81.3 cm³/mol. The molecule has 0 bridgehead atoms. The van der Waals surface area contributed by atoms with E-state index in [9.17, 15) is 8.42 Å². The average Bonchev–Trinajstić information content (AvgIpc) is 2.40. The number of hydrogen-bond donors (Lipinski definition) is 2. The molecule has 114 valence electrons. The van der Waals surface area contributed by atoms with Gasteiger partial charge in [-0.2, -0.15) is 0 Å². The van der Waals surface area contributed by atoms with Crippen molar-refractivity contribution in [1.82, 2.24) is 4.72 Å². The monoisotopic (exact) mass is 300 g/mol. The molecule has 5 nitrogen and oxygen atoms in total. The van der Waals surface area contributed by atoms with Gasteiger partial charge >= 0.3 is 0 Å². The molecular weight excluding hydrogens is 276 g/mol. The Kier molecular flexibility index (Phi) is 6.29. The number of nitrogens with two attached hydrogens (primary N) is 1.